The molecule has 0 saturated carbocycles. The number of anilines is 1. The van der Waals surface area contributed by atoms with E-state index in [0.717, 1.165) is 18.7 Å². The van der Waals surface area contributed by atoms with Crippen molar-refractivity contribution in [3.63, 3.8) is 0 Å². The van der Waals surface area contributed by atoms with E-state index < -0.39 is 0 Å². The summed E-state index contributed by atoms with van der Waals surface area (Å²) in [5.74, 6) is -0.0241. The van der Waals surface area contributed by atoms with E-state index in [0.29, 0.717) is 18.4 Å². The summed E-state index contributed by atoms with van der Waals surface area (Å²) < 4.78 is 0. The number of aliphatic hydroxyl groups excluding tert-OH is 1. The molecule has 1 fully saturated rings. The second kappa shape index (κ2) is 6.52. The van der Waals surface area contributed by atoms with Gasteiger partial charge in [0.05, 0.1) is 0 Å². The molecule has 1 atom stereocenters. The highest BCUT2D eigenvalue weighted by Crippen LogP contribution is 2.21. The molecule has 1 unspecified atom stereocenters. The topological polar surface area (TPSA) is 69.6 Å². The lowest BCUT2D eigenvalue weighted by Gasteiger charge is -2.16. The maximum Gasteiger partial charge on any atom is 0.251 e. The van der Waals surface area contributed by atoms with Crippen molar-refractivity contribution in [3.05, 3.63) is 29.8 Å². The monoisotopic (exact) mass is 276 g/mol. The summed E-state index contributed by atoms with van der Waals surface area (Å²) in [6, 6.07) is 6.99. The summed E-state index contributed by atoms with van der Waals surface area (Å²) >= 11 is 0. The van der Waals surface area contributed by atoms with Gasteiger partial charge in [-0.25, -0.2) is 0 Å². The van der Waals surface area contributed by atoms with Crippen LogP contribution in [0.3, 0.4) is 0 Å². The first-order valence-electron chi connectivity index (χ1n) is 6.94. The first-order valence-corrected chi connectivity index (χ1v) is 6.94. The number of nitrogens with zero attached hydrogens (tertiary/aromatic N) is 1. The zero-order valence-electron chi connectivity index (χ0n) is 11.6. The molecule has 1 aromatic rings. The van der Waals surface area contributed by atoms with Crippen LogP contribution in [0.2, 0.25) is 0 Å². The van der Waals surface area contributed by atoms with E-state index in [1.807, 2.05) is 6.92 Å². The minimum atomic E-state index is -0.162. The lowest BCUT2D eigenvalue weighted by Crippen LogP contribution is -2.33. The van der Waals surface area contributed by atoms with E-state index in [4.69, 9.17) is 5.11 Å². The average Bonchev–Trinajstić information content (AvgIpc) is 2.85. The van der Waals surface area contributed by atoms with E-state index in [1.165, 1.54) is 0 Å². The Morgan fingerprint density at radius 3 is 2.65 bits per heavy atom. The Morgan fingerprint density at radius 2 is 2.10 bits per heavy atom. The highest BCUT2D eigenvalue weighted by molar-refractivity contribution is 5.97. The molecule has 1 aromatic carbocycles. The van der Waals surface area contributed by atoms with Crippen molar-refractivity contribution in [1.82, 2.24) is 5.32 Å². The summed E-state index contributed by atoms with van der Waals surface area (Å²) in [4.78, 5) is 25.3. The molecule has 0 aromatic heterocycles. The predicted molar refractivity (Wildman–Crippen MR) is 76.7 cm³/mol. The van der Waals surface area contributed by atoms with Gasteiger partial charge in [0.25, 0.3) is 5.91 Å². The lowest BCUT2D eigenvalue weighted by atomic mass is 10.1. The quantitative estimate of drug-likeness (QED) is 0.852. The van der Waals surface area contributed by atoms with Crippen LogP contribution in [0.1, 0.15) is 36.5 Å². The van der Waals surface area contributed by atoms with Crippen molar-refractivity contribution in [2.75, 3.05) is 18.1 Å². The summed E-state index contributed by atoms with van der Waals surface area (Å²) in [7, 11) is 0. The number of hydrogen-bond donors (Lipinski definition) is 2. The minimum Gasteiger partial charge on any atom is -0.396 e. The molecule has 0 radical (unpaired) electrons. The highest BCUT2D eigenvalue weighted by atomic mass is 16.3. The van der Waals surface area contributed by atoms with E-state index in [9.17, 15) is 9.59 Å². The molecule has 2 amide bonds. The van der Waals surface area contributed by atoms with Gasteiger partial charge in [-0.3, -0.25) is 9.59 Å². The van der Waals surface area contributed by atoms with Crippen molar-refractivity contribution in [3.8, 4) is 0 Å². The summed E-state index contributed by atoms with van der Waals surface area (Å²) in [5, 5.41) is 11.6. The first-order chi connectivity index (χ1) is 9.61. The molecule has 5 heteroatoms. The second-order valence-electron chi connectivity index (χ2n) is 5.08. The van der Waals surface area contributed by atoms with Gasteiger partial charge in [0.15, 0.2) is 0 Å². The number of carbonyl (C=O) groups is 2. The van der Waals surface area contributed by atoms with Gasteiger partial charge in [-0.05, 0) is 44.0 Å². The Kier molecular flexibility index (Phi) is 4.74. The third-order valence-corrected chi connectivity index (χ3v) is 3.45. The Morgan fingerprint density at radius 1 is 1.40 bits per heavy atom. The SMILES string of the molecule is CC(CCO)NC(=O)c1ccc(N2CCCC2=O)cc1. The van der Waals surface area contributed by atoms with E-state index in [1.54, 1.807) is 29.2 Å². The average molecular weight is 276 g/mol. The zero-order chi connectivity index (χ0) is 14.5. The molecule has 1 heterocycles. The highest BCUT2D eigenvalue weighted by Gasteiger charge is 2.21. The normalized spacial score (nSPS) is 16.3. The smallest absolute Gasteiger partial charge is 0.251 e. The second-order valence-corrected chi connectivity index (χ2v) is 5.08. The van der Waals surface area contributed by atoms with Crippen molar-refractivity contribution in [2.24, 2.45) is 0 Å². The number of amides is 2. The molecule has 2 rings (SSSR count). The molecular weight excluding hydrogens is 256 g/mol. The molecule has 1 saturated heterocycles. The van der Waals surface area contributed by atoms with Gasteiger partial charge >= 0.3 is 0 Å². The van der Waals surface area contributed by atoms with Gasteiger partial charge in [-0.2, -0.15) is 0 Å². The number of carbonyl (C=O) groups excluding carboxylic acids is 2. The maximum absolute atomic E-state index is 12.0. The third-order valence-electron chi connectivity index (χ3n) is 3.45. The number of benzene rings is 1. The van der Waals surface area contributed by atoms with Gasteiger partial charge in [0.1, 0.15) is 0 Å². The Hall–Kier alpha value is -1.88. The molecule has 2 N–H and O–H groups in total. The standard InChI is InChI=1S/C15H20N2O3/c1-11(8-10-18)16-15(20)12-4-6-13(7-5-12)17-9-2-3-14(17)19/h4-7,11,18H,2-3,8-10H2,1H3,(H,16,20). The molecule has 108 valence electrons. The van der Waals surface area contributed by atoms with Crippen LogP contribution in [-0.4, -0.2) is 36.1 Å². The summed E-state index contributed by atoms with van der Waals surface area (Å²) in [6.45, 7) is 2.65. The van der Waals surface area contributed by atoms with Crippen LogP contribution in [0.25, 0.3) is 0 Å². The minimum absolute atomic E-state index is 0.0530. The molecule has 0 aliphatic carbocycles. The number of aliphatic hydroxyl groups is 1. The van der Waals surface area contributed by atoms with Gasteiger partial charge in [0.2, 0.25) is 5.91 Å². The van der Waals surface area contributed by atoms with Crippen LogP contribution >= 0.6 is 0 Å². The number of nitrogens with one attached hydrogen (secondary N) is 1. The van der Waals surface area contributed by atoms with Crippen molar-refractivity contribution in [2.45, 2.75) is 32.2 Å². The van der Waals surface area contributed by atoms with Gasteiger partial charge < -0.3 is 15.3 Å². The number of rotatable bonds is 5. The fourth-order valence-electron chi connectivity index (χ4n) is 2.29. The molecular formula is C15H20N2O3. The fraction of sp³-hybridized carbons (Fsp3) is 0.467. The van der Waals surface area contributed by atoms with Gasteiger partial charge in [-0.1, -0.05) is 0 Å². The van der Waals surface area contributed by atoms with Crippen LogP contribution in [0.4, 0.5) is 5.69 Å². The number of hydrogen-bond acceptors (Lipinski definition) is 3. The van der Waals surface area contributed by atoms with Crippen molar-refractivity contribution >= 4 is 17.5 Å². The molecule has 1 aliphatic heterocycles. The summed E-state index contributed by atoms with van der Waals surface area (Å²) in [6.07, 6.45) is 2.02. The maximum atomic E-state index is 12.0. The molecule has 0 spiro atoms. The Labute approximate surface area is 118 Å². The fourth-order valence-corrected chi connectivity index (χ4v) is 2.29. The summed E-state index contributed by atoms with van der Waals surface area (Å²) in [5.41, 5.74) is 1.40. The van der Waals surface area contributed by atoms with Crippen LogP contribution < -0.4 is 10.2 Å². The first kappa shape index (κ1) is 14.5. The Balaban J connectivity index is 2.00. The largest absolute Gasteiger partial charge is 0.396 e. The van der Waals surface area contributed by atoms with Crippen LogP contribution in [0.5, 0.6) is 0 Å². The van der Waals surface area contributed by atoms with Gasteiger partial charge in [-0.15, -0.1) is 0 Å². The predicted octanol–water partition coefficient (Wildman–Crippen LogP) is 1.31. The van der Waals surface area contributed by atoms with Crippen LogP contribution in [-0.2, 0) is 4.79 Å². The van der Waals surface area contributed by atoms with Crippen molar-refractivity contribution < 1.29 is 14.7 Å². The van der Waals surface area contributed by atoms with Crippen LogP contribution in [0, 0.1) is 0 Å². The Bertz CT molecular complexity index is 484. The molecule has 20 heavy (non-hydrogen) atoms. The lowest BCUT2D eigenvalue weighted by molar-refractivity contribution is -0.117. The van der Waals surface area contributed by atoms with E-state index >= 15 is 0 Å². The molecule has 5 nitrogen and oxygen atoms in total. The van der Waals surface area contributed by atoms with Crippen LogP contribution in [0.15, 0.2) is 24.3 Å². The van der Waals surface area contributed by atoms with E-state index in [-0.39, 0.29) is 24.5 Å². The molecule has 1 aliphatic rings. The van der Waals surface area contributed by atoms with Gasteiger partial charge in [0, 0.05) is 36.9 Å². The zero-order valence-corrected chi connectivity index (χ0v) is 11.6. The third kappa shape index (κ3) is 3.36. The van der Waals surface area contributed by atoms with Crippen molar-refractivity contribution in [1.29, 1.82) is 0 Å². The molecule has 0 bridgehead atoms. The van der Waals surface area contributed by atoms with E-state index in [2.05, 4.69) is 5.32 Å².